The van der Waals surface area contributed by atoms with Crippen molar-refractivity contribution in [3.05, 3.63) is 32.9 Å². The number of hydrogen-bond donors (Lipinski definition) is 1. The zero-order valence-corrected chi connectivity index (χ0v) is 7.87. The molecule has 0 saturated carbocycles. The third-order valence-electron chi connectivity index (χ3n) is 1.36. The molecular weight excluding hydrogens is 253 g/mol. The van der Waals surface area contributed by atoms with Crippen LogP contribution in [0.5, 0.6) is 0 Å². The Hall–Kier alpha value is -0.600. The van der Waals surface area contributed by atoms with Gasteiger partial charge in [-0.05, 0) is 40.3 Å². The molecule has 0 spiro atoms. The normalized spacial score (nSPS) is 9.18. The van der Waals surface area contributed by atoms with Crippen LogP contribution in [-0.2, 0) is 6.61 Å². The van der Waals surface area contributed by atoms with E-state index in [0.29, 0.717) is 11.1 Å². The summed E-state index contributed by atoms with van der Waals surface area (Å²) in [5, 5.41) is 17.4. The molecule has 0 bridgehead atoms. The Balaban J connectivity index is 3.19. The lowest BCUT2D eigenvalue weighted by molar-refractivity contribution is 0.281. The minimum atomic E-state index is -0.0696. The maximum Gasteiger partial charge on any atom is 0.0995 e. The van der Waals surface area contributed by atoms with Crippen molar-refractivity contribution in [2.75, 3.05) is 0 Å². The maximum atomic E-state index is 8.79. The zero-order valence-electron chi connectivity index (χ0n) is 5.71. The van der Waals surface area contributed by atoms with Crippen LogP contribution in [0.25, 0.3) is 0 Å². The zero-order chi connectivity index (χ0) is 8.27. The SMILES string of the molecule is N#Cc1cc(I)ccc1CO. The van der Waals surface area contributed by atoms with Gasteiger partial charge in [0.2, 0.25) is 0 Å². The molecule has 11 heavy (non-hydrogen) atoms. The molecule has 0 amide bonds. The monoisotopic (exact) mass is 259 g/mol. The minimum Gasteiger partial charge on any atom is -0.392 e. The number of nitriles is 1. The molecule has 0 aliphatic heterocycles. The van der Waals surface area contributed by atoms with E-state index in [0.717, 1.165) is 3.57 Å². The number of aliphatic hydroxyl groups is 1. The fourth-order valence-corrected chi connectivity index (χ4v) is 1.28. The van der Waals surface area contributed by atoms with Gasteiger partial charge in [0.25, 0.3) is 0 Å². The van der Waals surface area contributed by atoms with Crippen molar-refractivity contribution in [2.24, 2.45) is 0 Å². The summed E-state index contributed by atoms with van der Waals surface area (Å²) in [5.41, 5.74) is 1.24. The van der Waals surface area contributed by atoms with Crippen LogP contribution in [0.3, 0.4) is 0 Å². The molecule has 0 saturated heterocycles. The van der Waals surface area contributed by atoms with Gasteiger partial charge in [-0.3, -0.25) is 0 Å². The highest BCUT2D eigenvalue weighted by Gasteiger charge is 1.99. The van der Waals surface area contributed by atoms with Crippen LogP contribution in [0.1, 0.15) is 11.1 Å². The number of nitrogens with zero attached hydrogens (tertiary/aromatic N) is 1. The van der Waals surface area contributed by atoms with Gasteiger partial charge in [0, 0.05) is 3.57 Å². The molecular formula is C8H6INO. The van der Waals surface area contributed by atoms with Crippen LogP contribution in [0.2, 0.25) is 0 Å². The van der Waals surface area contributed by atoms with E-state index in [9.17, 15) is 0 Å². The van der Waals surface area contributed by atoms with Gasteiger partial charge in [-0.2, -0.15) is 5.26 Å². The summed E-state index contributed by atoms with van der Waals surface area (Å²) < 4.78 is 1.01. The molecule has 1 aromatic carbocycles. The highest BCUT2D eigenvalue weighted by atomic mass is 127. The van der Waals surface area contributed by atoms with Crippen molar-refractivity contribution in [2.45, 2.75) is 6.61 Å². The van der Waals surface area contributed by atoms with Gasteiger partial charge in [-0.25, -0.2) is 0 Å². The summed E-state index contributed by atoms with van der Waals surface area (Å²) in [4.78, 5) is 0. The highest BCUT2D eigenvalue weighted by molar-refractivity contribution is 14.1. The predicted octanol–water partition coefficient (Wildman–Crippen LogP) is 1.66. The van der Waals surface area contributed by atoms with Gasteiger partial charge in [0.15, 0.2) is 0 Å². The molecule has 0 heterocycles. The number of benzene rings is 1. The van der Waals surface area contributed by atoms with Gasteiger partial charge >= 0.3 is 0 Å². The molecule has 3 heteroatoms. The van der Waals surface area contributed by atoms with Gasteiger partial charge in [-0.15, -0.1) is 0 Å². The molecule has 1 aromatic rings. The second kappa shape index (κ2) is 3.69. The lowest BCUT2D eigenvalue weighted by Crippen LogP contribution is -1.89. The van der Waals surface area contributed by atoms with E-state index in [4.69, 9.17) is 10.4 Å². The fourth-order valence-electron chi connectivity index (χ4n) is 0.791. The molecule has 2 nitrogen and oxygen atoms in total. The Kier molecular flexibility index (Phi) is 2.85. The lowest BCUT2D eigenvalue weighted by Gasteiger charge is -1.98. The molecule has 0 unspecified atom stereocenters. The second-order valence-corrected chi connectivity index (χ2v) is 3.32. The van der Waals surface area contributed by atoms with Crippen LogP contribution < -0.4 is 0 Å². The standard InChI is InChI=1S/C8H6INO/c9-8-2-1-6(5-11)7(3-8)4-10/h1-3,11H,5H2. The summed E-state index contributed by atoms with van der Waals surface area (Å²) in [5.74, 6) is 0. The molecule has 0 fully saturated rings. The first kappa shape index (κ1) is 8.50. The van der Waals surface area contributed by atoms with Crippen LogP contribution in [0, 0.1) is 14.9 Å². The third kappa shape index (κ3) is 1.91. The molecule has 56 valence electrons. The van der Waals surface area contributed by atoms with Crippen molar-refractivity contribution in [1.29, 1.82) is 5.26 Å². The van der Waals surface area contributed by atoms with E-state index in [2.05, 4.69) is 22.6 Å². The summed E-state index contributed by atoms with van der Waals surface area (Å²) in [6.45, 7) is -0.0696. The number of aliphatic hydroxyl groups excluding tert-OH is 1. The summed E-state index contributed by atoms with van der Waals surface area (Å²) >= 11 is 2.13. The van der Waals surface area contributed by atoms with E-state index >= 15 is 0 Å². The maximum absolute atomic E-state index is 8.79. The fraction of sp³-hybridized carbons (Fsp3) is 0.125. The van der Waals surface area contributed by atoms with E-state index in [1.54, 1.807) is 12.1 Å². The Morgan fingerprint density at radius 3 is 2.82 bits per heavy atom. The molecule has 0 aromatic heterocycles. The minimum absolute atomic E-state index is 0.0696. The Bertz CT molecular complexity index is 303. The molecule has 1 rings (SSSR count). The number of hydrogen-bond acceptors (Lipinski definition) is 2. The van der Waals surface area contributed by atoms with Crippen LogP contribution in [0.15, 0.2) is 18.2 Å². The first-order valence-corrected chi connectivity index (χ1v) is 4.15. The molecule has 0 aliphatic carbocycles. The Labute approximate surface area is 78.6 Å². The molecule has 0 atom stereocenters. The smallest absolute Gasteiger partial charge is 0.0995 e. The summed E-state index contributed by atoms with van der Waals surface area (Å²) in [7, 11) is 0. The van der Waals surface area contributed by atoms with Crippen molar-refractivity contribution >= 4 is 22.6 Å². The summed E-state index contributed by atoms with van der Waals surface area (Å²) in [6, 6.07) is 7.41. The van der Waals surface area contributed by atoms with Crippen molar-refractivity contribution < 1.29 is 5.11 Å². The van der Waals surface area contributed by atoms with Crippen molar-refractivity contribution in [3.63, 3.8) is 0 Å². The van der Waals surface area contributed by atoms with Gasteiger partial charge < -0.3 is 5.11 Å². The third-order valence-corrected chi connectivity index (χ3v) is 2.03. The predicted molar refractivity (Wildman–Crippen MR) is 49.8 cm³/mol. The van der Waals surface area contributed by atoms with E-state index in [-0.39, 0.29) is 6.61 Å². The second-order valence-electron chi connectivity index (χ2n) is 2.07. The number of halogens is 1. The van der Waals surface area contributed by atoms with Gasteiger partial charge in [0.05, 0.1) is 18.2 Å². The van der Waals surface area contributed by atoms with E-state index < -0.39 is 0 Å². The van der Waals surface area contributed by atoms with Crippen LogP contribution in [0.4, 0.5) is 0 Å². The average molecular weight is 259 g/mol. The van der Waals surface area contributed by atoms with Gasteiger partial charge in [-0.1, -0.05) is 6.07 Å². The largest absolute Gasteiger partial charge is 0.392 e. The van der Waals surface area contributed by atoms with E-state index in [1.807, 2.05) is 12.1 Å². The Morgan fingerprint density at radius 1 is 1.55 bits per heavy atom. The first-order valence-electron chi connectivity index (χ1n) is 3.07. The van der Waals surface area contributed by atoms with Crippen molar-refractivity contribution in [1.82, 2.24) is 0 Å². The average Bonchev–Trinajstić information content (AvgIpc) is 2.04. The topological polar surface area (TPSA) is 44.0 Å². The van der Waals surface area contributed by atoms with E-state index in [1.165, 1.54) is 0 Å². The van der Waals surface area contributed by atoms with Crippen molar-refractivity contribution in [3.8, 4) is 6.07 Å². The van der Waals surface area contributed by atoms with Crippen LogP contribution in [-0.4, -0.2) is 5.11 Å². The number of rotatable bonds is 1. The molecule has 0 aliphatic rings. The molecule has 0 radical (unpaired) electrons. The lowest BCUT2D eigenvalue weighted by atomic mass is 10.1. The van der Waals surface area contributed by atoms with Gasteiger partial charge in [0.1, 0.15) is 0 Å². The highest BCUT2D eigenvalue weighted by Crippen LogP contribution is 2.12. The first-order chi connectivity index (χ1) is 5.27. The van der Waals surface area contributed by atoms with Crippen LogP contribution >= 0.6 is 22.6 Å². The molecule has 1 N–H and O–H groups in total. The Morgan fingerprint density at radius 2 is 2.27 bits per heavy atom. The summed E-state index contributed by atoms with van der Waals surface area (Å²) in [6.07, 6.45) is 0. The quantitative estimate of drug-likeness (QED) is 0.779.